The first kappa shape index (κ1) is 16.7. The van der Waals surface area contributed by atoms with E-state index in [1.807, 2.05) is 0 Å². The monoisotopic (exact) mass is 322 g/mol. The third kappa shape index (κ3) is 3.39. The standard InChI is InChI=1S/C14H18N4O5/c1-3-10-12(18(20)21)14(23-9-5-8-19)16-17(10)11-6-4-7-15-13(11)22-2/h4,6-7,19H,3,5,8-9H2,1-2H3. The van der Waals surface area contributed by atoms with Crippen molar-refractivity contribution < 1.29 is 19.5 Å². The van der Waals surface area contributed by atoms with Crippen LogP contribution < -0.4 is 9.47 Å². The molecule has 0 bridgehead atoms. The Bertz CT molecular complexity index is 686. The minimum Gasteiger partial charge on any atom is -0.479 e. The minimum atomic E-state index is -0.514. The van der Waals surface area contributed by atoms with Gasteiger partial charge in [-0.25, -0.2) is 9.67 Å². The average molecular weight is 322 g/mol. The van der Waals surface area contributed by atoms with E-state index in [1.165, 1.54) is 11.8 Å². The van der Waals surface area contributed by atoms with E-state index in [2.05, 4.69) is 10.1 Å². The molecule has 124 valence electrons. The van der Waals surface area contributed by atoms with E-state index in [0.29, 0.717) is 30.1 Å². The molecule has 0 fully saturated rings. The largest absolute Gasteiger partial charge is 0.479 e. The molecule has 1 N–H and O–H groups in total. The van der Waals surface area contributed by atoms with Crippen LogP contribution in [0.3, 0.4) is 0 Å². The molecule has 0 amide bonds. The predicted octanol–water partition coefficient (Wildman–Crippen LogP) is 1.51. The maximum atomic E-state index is 11.4. The molecular weight excluding hydrogens is 304 g/mol. The third-order valence-electron chi connectivity index (χ3n) is 3.15. The SMILES string of the molecule is CCc1c([N+](=O)[O-])c(OCCCO)nn1-c1cccnc1OC. The number of aliphatic hydroxyl groups is 1. The topological polar surface area (TPSA) is 113 Å². The Morgan fingerprint density at radius 2 is 2.22 bits per heavy atom. The number of nitro groups is 1. The summed E-state index contributed by atoms with van der Waals surface area (Å²) in [6.45, 7) is 1.87. The smallest absolute Gasteiger partial charge is 0.353 e. The molecule has 23 heavy (non-hydrogen) atoms. The molecule has 0 saturated heterocycles. The summed E-state index contributed by atoms with van der Waals surface area (Å²) in [5, 5.41) is 24.4. The number of ether oxygens (including phenoxy) is 2. The highest BCUT2D eigenvalue weighted by molar-refractivity contribution is 5.52. The molecule has 2 rings (SSSR count). The van der Waals surface area contributed by atoms with Gasteiger partial charge in [0.1, 0.15) is 11.4 Å². The normalized spacial score (nSPS) is 10.6. The Kier molecular flexibility index (Phi) is 5.47. The van der Waals surface area contributed by atoms with Crippen molar-refractivity contribution in [2.75, 3.05) is 20.3 Å². The molecule has 0 atom stereocenters. The predicted molar refractivity (Wildman–Crippen MR) is 81.1 cm³/mol. The summed E-state index contributed by atoms with van der Waals surface area (Å²) in [5.74, 6) is 0.229. The van der Waals surface area contributed by atoms with Crippen molar-refractivity contribution in [3.05, 3.63) is 34.1 Å². The van der Waals surface area contributed by atoms with Gasteiger partial charge in [-0.05, 0) is 18.6 Å². The molecule has 2 heterocycles. The summed E-state index contributed by atoms with van der Waals surface area (Å²) in [6, 6.07) is 3.40. The van der Waals surface area contributed by atoms with Crippen molar-refractivity contribution >= 4 is 5.69 Å². The van der Waals surface area contributed by atoms with Gasteiger partial charge in [-0.1, -0.05) is 6.92 Å². The Morgan fingerprint density at radius 1 is 1.43 bits per heavy atom. The Balaban J connectivity index is 2.55. The molecule has 2 aromatic rings. The van der Waals surface area contributed by atoms with Gasteiger partial charge in [0.05, 0.1) is 18.6 Å². The van der Waals surface area contributed by atoms with Crippen LogP contribution in [0.1, 0.15) is 19.0 Å². The molecular formula is C14H18N4O5. The lowest BCUT2D eigenvalue weighted by molar-refractivity contribution is -0.386. The molecule has 0 aliphatic rings. The summed E-state index contributed by atoms with van der Waals surface area (Å²) in [4.78, 5) is 15.0. The van der Waals surface area contributed by atoms with E-state index in [0.717, 1.165) is 0 Å². The summed E-state index contributed by atoms with van der Waals surface area (Å²) < 4.78 is 12.0. The zero-order valence-corrected chi connectivity index (χ0v) is 12.9. The number of nitrogens with zero attached hydrogens (tertiary/aromatic N) is 4. The first-order valence-corrected chi connectivity index (χ1v) is 7.13. The van der Waals surface area contributed by atoms with Crippen molar-refractivity contribution in [3.8, 4) is 17.4 Å². The van der Waals surface area contributed by atoms with E-state index >= 15 is 0 Å². The second-order valence-corrected chi connectivity index (χ2v) is 4.58. The summed E-state index contributed by atoms with van der Waals surface area (Å²) >= 11 is 0. The number of hydrogen-bond donors (Lipinski definition) is 1. The minimum absolute atomic E-state index is 0.0639. The van der Waals surface area contributed by atoms with E-state index in [4.69, 9.17) is 14.6 Å². The lowest BCUT2D eigenvalue weighted by atomic mass is 10.3. The van der Waals surface area contributed by atoms with Crippen LogP contribution in [0.4, 0.5) is 5.69 Å². The molecule has 0 unspecified atom stereocenters. The highest BCUT2D eigenvalue weighted by Crippen LogP contribution is 2.34. The summed E-state index contributed by atoms with van der Waals surface area (Å²) in [6.07, 6.45) is 2.30. The van der Waals surface area contributed by atoms with Gasteiger partial charge in [0.2, 0.25) is 5.88 Å². The van der Waals surface area contributed by atoms with Crippen molar-refractivity contribution in [1.29, 1.82) is 0 Å². The van der Waals surface area contributed by atoms with E-state index in [1.54, 1.807) is 25.3 Å². The van der Waals surface area contributed by atoms with Crippen LogP contribution in [0.5, 0.6) is 11.8 Å². The highest BCUT2D eigenvalue weighted by atomic mass is 16.6. The zero-order chi connectivity index (χ0) is 16.8. The Hall–Kier alpha value is -2.68. The van der Waals surface area contributed by atoms with Crippen molar-refractivity contribution in [2.45, 2.75) is 19.8 Å². The fourth-order valence-electron chi connectivity index (χ4n) is 2.15. The second kappa shape index (κ2) is 7.54. The van der Waals surface area contributed by atoms with Crippen LogP contribution in [-0.4, -0.2) is 45.1 Å². The number of aliphatic hydroxyl groups excluding tert-OH is 1. The van der Waals surface area contributed by atoms with Gasteiger partial charge < -0.3 is 14.6 Å². The quantitative estimate of drug-likeness (QED) is 0.445. The van der Waals surface area contributed by atoms with Crippen molar-refractivity contribution in [2.24, 2.45) is 0 Å². The van der Waals surface area contributed by atoms with E-state index in [-0.39, 0.29) is 24.8 Å². The fourth-order valence-corrected chi connectivity index (χ4v) is 2.15. The van der Waals surface area contributed by atoms with Crippen LogP contribution in [0.25, 0.3) is 5.69 Å². The first-order chi connectivity index (χ1) is 11.1. The lowest BCUT2D eigenvalue weighted by Crippen LogP contribution is -2.05. The molecule has 0 radical (unpaired) electrons. The fraction of sp³-hybridized carbons (Fsp3) is 0.429. The average Bonchev–Trinajstić information content (AvgIpc) is 2.93. The first-order valence-electron chi connectivity index (χ1n) is 7.13. The Labute approximate surface area is 132 Å². The molecule has 2 aromatic heterocycles. The highest BCUT2D eigenvalue weighted by Gasteiger charge is 2.30. The maximum absolute atomic E-state index is 11.4. The van der Waals surface area contributed by atoms with Gasteiger partial charge in [-0.15, -0.1) is 5.10 Å². The van der Waals surface area contributed by atoms with Crippen LogP contribution >= 0.6 is 0 Å². The lowest BCUT2D eigenvalue weighted by Gasteiger charge is -2.08. The van der Waals surface area contributed by atoms with Crippen LogP contribution in [-0.2, 0) is 6.42 Å². The van der Waals surface area contributed by atoms with Crippen molar-refractivity contribution in [3.63, 3.8) is 0 Å². The second-order valence-electron chi connectivity index (χ2n) is 4.58. The number of aromatic nitrogens is 3. The zero-order valence-electron chi connectivity index (χ0n) is 12.9. The molecule has 0 saturated carbocycles. The molecule has 9 heteroatoms. The van der Waals surface area contributed by atoms with Gasteiger partial charge in [0.25, 0.3) is 0 Å². The molecule has 0 aromatic carbocycles. The molecule has 0 aliphatic carbocycles. The molecule has 9 nitrogen and oxygen atoms in total. The third-order valence-corrected chi connectivity index (χ3v) is 3.15. The summed E-state index contributed by atoms with van der Waals surface area (Å²) in [5.41, 5.74) is 0.698. The van der Waals surface area contributed by atoms with E-state index in [9.17, 15) is 10.1 Å². The van der Waals surface area contributed by atoms with Gasteiger partial charge in [-0.3, -0.25) is 10.1 Å². The van der Waals surface area contributed by atoms with Crippen LogP contribution in [0.2, 0.25) is 0 Å². The number of methoxy groups -OCH3 is 1. The van der Waals surface area contributed by atoms with Gasteiger partial charge in [0, 0.05) is 19.2 Å². The maximum Gasteiger partial charge on any atom is 0.353 e. The molecule has 0 spiro atoms. The number of hydrogen-bond acceptors (Lipinski definition) is 7. The number of rotatable bonds is 8. The number of pyridine rings is 1. The van der Waals surface area contributed by atoms with E-state index < -0.39 is 4.92 Å². The van der Waals surface area contributed by atoms with Crippen LogP contribution in [0, 0.1) is 10.1 Å². The Morgan fingerprint density at radius 3 is 2.83 bits per heavy atom. The van der Waals surface area contributed by atoms with Gasteiger partial charge in [0.15, 0.2) is 0 Å². The molecule has 0 aliphatic heterocycles. The van der Waals surface area contributed by atoms with Gasteiger partial charge >= 0.3 is 11.6 Å². The van der Waals surface area contributed by atoms with Crippen LogP contribution in [0.15, 0.2) is 18.3 Å². The summed E-state index contributed by atoms with van der Waals surface area (Å²) in [7, 11) is 1.47. The van der Waals surface area contributed by atoms with Crippen molar-refractivity contribution in [1.82, 2.24) is 14.8 Å². The van der Waals surface area contributed by atoms with Gasteiger partial charge in [-0.2, -0.15) is 0 Å².